The molecule has 9 heteroatoms. The van der Waals surface area contributed by atoms with Gasteiger partial charge in [-0.25, -0.2) is 9.98 Å². The summed E-state index contributed by atoms with van der Waals surface area (Å²) in [6, 6.07) is -0.252. The summed E-state index contributed by atoms with van der Waals surface area (Å²) in [5.74, 6) is 1.01. The molecule has 2 unspecified atom stereocenters. The number of carbonyl (C=O) groups is 1. The van der Waals surface area contributed by atoms with E-state index in [2.05, 4.69) is 38.9 Å². The minimum Gasteiger partial charge on any atom is -0.344 e. The van der Waals surface area contributed by atoms with E-state index in [4.69, 9.17) is 4.99 Å². The Morgan fingerprint density at radius 3 is 2.85 bits per heavy atom. The molecule has 2 aromatic heterocycles. The lowest BCUT2D eigenvalue weighted by atomic mass is 10.00. The highest BCUT2D eigenvalue weighted by atomic mass is 32.1. The average Bonchev–Trinajstić information content (AvgIpc) is 3.34. The molecule has 0 radical (unpaired) electrons. The molecular weight excluding hydrogens is 362 g/mol. The molecule has 4 rings (SSSR count). The van der Waals surface area contributed by atoms with E-state index in [9.17, 15) is 4.79 Å². The van der Waals surface area contributed by atoms with Crippen molar-refractivity contribution < 1.29 is 4.79 Å². The van der Waals surface area contributed by atoms with E-state index >= 15 is 0 Å². The zero-order valence-electron chi connectivity index (χ0n) is 15.8. The summed E-state index contributed by atoms with van der Waals surface area (Å²) in [6.45, 7) is 6.23. The van der Waals surface area contributed by atoms with Crippen molar-refractivity contribution in [2.24, 2.45) is 9.98 Å². The summed E-state index contributed by atoms with van der Waals surface area (Å²) in [7, 11) is 1.83. The Morgan fingerprint density at radius 2 is 2.19 bits per heavy atom. The molecule has 3 atom stereocenters. The van der Waals surface area contributed by atoms with Gasteiger partial charge in [0.05, 0.1) is 6.20 Å². The summed E-state index contributed by atoms with van der Waals surface area (Å²) >= 11 is 1.55. The average molecular weight is 385 g/mol. The van der Waals surface area contributed by atoms with Gasteiger partial charge in [0.2, 0.25) is 5.91 Å². The second-order valence-corrected chi connectivity index (χ2v) is 7.91. The van der Waals surface area contributed by atoms with E-state index in [0.29, 0.717) is 0 Å². The Balaban J connectivity index is 1.76. The standard InChI is InChI=1S/C18H23N7OS/c1-5-12-18(26)24(4)13-9-20-15(22-16(13)25(12)10(2)3)11-8-21-23-14(11)17-19-6-7-27-17/h6-10,12-13,15H,5H2,1-4H3,(H,21,23)/t12?,13?,15-/m1/s1. The zero-order chi connectivity index (χ0) is 19.1. The molecule has 1 N–H and O–H groups in total. The van der Waals surface area contributed by atoms with Gasteiger partial charge in [0.1, 0.15) is 28.6 Å². The van der Waals surface area contributed by atoms with Crippen LogP contribution >= 0.6 is 11.3 Å². The van der Waals surface area contributed by atoms with Crippen LogP contribution in [-0.2, 0) is 4.79 Å². The number of thiazole rings is 1. The second-order valence-electron chi connectivity index (χ2n) is 7.02. The van der Waals surface area contributed by atoms with E-state index < -0.39 is 6.17 Å². The van der Waals surface area contributed by atoms with Gasteiger partial charge in [-0.3, -0.25) is 14.9 Å². The number of carbonyl (C=O) groups excluding carboxylic acids is 1. The number of piperazine rings is 1. The van der Waals surface area contributed by atoms with E-state index in [1.165, 1.54) is 0 Å². The second kappa shape index (κ2) is 6.88. The van der Waals surface area contributed by atoms with Crippen molar-refractivity contribution in [3.63, 3.8) is 0 Å². The topological polar surface area (TPSA) is 89.8 Å². The Bertz CT molecular complexity index is 885. The van der Waals surface area contributed by atoms with Crippen LogP contribution in [0.2, 0.25) is 0 Å². The summed E-state index contributed by atoms with van der Waals surface area (Å²) in [6.07, 6.45) is 5.72. The van der Waals surface area contributed by atoms with Gasteiger partial charge in [0.25, 0.3) is 0 Å². The van der Waals surface area contributed by atoms with Crippen molar-refractivity contribution >= 4 is 29.3 Å². The van der Waals surface area contributed by atoms with Crippen LogP contribution in [0.1, 0.15) is 38.9 Å². The number of aromatic nitrogens is 3. The van der Waals surface area contributed by atoms with Gasteiger partial charge in [-0.2, -0.15) is 5.10 Å². The first kappa shape index (κ1) is 17.8. The summed E-state index contributed by atoms with van der Waals surface area (Å²) in [4.78, 5) is 30.7. The molecule has 0 aromatic carbocycles. The number of amidine groups is 1. The molecule has 1 saturated heterocycles. The Morgan fingerprint density at radius 1 is 1.37 bits per heavy atom. The summed E-state index contributed by atoms with van der Waals surface area (Å²) < 4.78 is 0. The Hall–Kier alpha value is -2.55. The number of nitrogens with one attached hydrogen (secondary N) is 1. The minimum atomic E-state index is -0.394. The van der Waals surface area contributed by atoms with Gasteiger partial charge < -0.3 is 9.80 Å². The van der Waals surface area contributed by atoms with E-state index in [0.717, 1.165) is 28.5 Å². The van der Waals surface area contributed by atoms with Crippen LogP contribution < -0.4 is 0 Å². The molecular formula is C18H23N7OS. The fraction of sp³-hybridized carbons (Fsp3) is 0.500. The molecule has 4 heterocycles. The van der Waals surface area contributed by atoms with Crippen molar-refractivity contribution in [2.75, 3.05) is 7.05 Å². The van der Waals surface area contributed by atoms with Gasteiger partial charge in [-0.1, -0.05) is 6.92 Å². The van der Waals surface area contributed by atoms with E-state index in [1.54, 1.807) is 28.6 Å². The van der Waals surface area contributed by atoms with Crippen LogP contribution in [0.5, 0.6) is 0 Å². The molecule has 8 nitrogen and oxygen atoms in total. The molecule has 2 aliphatic rings. The first-order valence-electron chi connectivity index (χ1n) is 9.12. The van der Waals surface area contributed by atoms with Crippen LogP contribution in [0.25, 0.3) is 10.7 Å². The number of nitrogens with zero attached hydrogens (tertiary/aromatic N) is 6. The van der Waals surface area contributed by atoms with Crippen LogP contribution in [0.15, 0.2) is 27.8 Å². The molecule has 2 aromatic rings. The lowest BCUT2D eigenvalue weighted by Crippen LogP contribution is -2.66. The molecule has 142 valence electrons. The maximum Gasteiger partial charge on any atom is 0.245 e. The smallest absolute Gasteiger partial charge is 0.245 e. The largest absolute Gasteiger partial charge is 0.344 e. The number of fused-ring (bicyclic) bond motifs is 1. The highest BCUT2D eigenvalue weighted by molar-refractivity contribution is 7.13. The monoisotopic (exact) mass is 385 g/mol. The number of amides is 1. The molecule has 1 amide bonds. The summed E-state index contributed by atoms with van der Waals surface area (Å²) in [5.41, 5.74) is 1.74. The molecule has 0 saturated carbocycles. The van der Waals surface area contributed by atoms with Crippen molar-refractivity contribution in [2.45, 2.75) is 51.5 Å². The summed E-state index contributed by atoms with van der Waals surface area (Å²) in [5, 5.41) is 10.0. The molecule has 0 spiro atoms. The predicted molar refractivity (Wildman–Crippen MR) is 106 cm³/mol. The molecule has 2 aliphatic heterocycles. The van der Waals surface area contributed by atoms with Crippen molar-refractivity contribution in [1.82, 2.24) is 25.0 Å². The van der Waals surface area contributed by atoms with Crippen LogP contribution in [-0.4, -0.2) is 68.1 Å². The first-order valence-corrected chi connectivity index (χ1v) is 10.00. The van der Waals surface area contributed by atoms with Crippen molar-refractivity contribution in [3.05, 3.63) is 23.3 Å². The van der Waals surface area contributed by atoms with Crippen molar-refractivity contribution in [3.8, 4) is 10.7 Å². The van der Waals surface area contributed by atoms with Crippen LogP contribution in [0.4, 0.5) is 0 Å². The molecule has 27 heavy (non-hydrogen) atoms. The fourth-order valence-corrected chi connectivity index (χ4v) is 4.42. The maximum absolute atomic E-state index is 12.8. The SMILES string of the molecule is CCC1C(=O)N(C)C2C=N[C@@H](c3cn[nH]c3-c3nccs3)N=C2N1C(C)C. The number of likely N-dealkylation sites (N-methyl/N-ethyl adjacent to an activating group) is 1. The van der Waals surface area contributed by atoms with Crippen LogP contribution in [0, 0.1) is 0 Å². The number of aromatic amines is 1. The minimum absolute atomic E-state index is 0.117. The highest BCUT2D eigenvalue weighted by Crippen LogP contribution is 2.34. The zero-order valence-corrected chi connectivity index (χ0v) is 16.6. The number of aliphatic imine (C=N–C) groups is 2. The normalized spacial score (nSPS) is 25.1. The Labute approximate surface area is 162 Å². The predicted octanol–water partition coefficient (Wildman–Crippen LogP) is 2.34. The van der Waals surface area contributed by atoms with Gasteiger partial charge in [-0.15, -0.1) is 11.3 Å². The van der Waals surface area contributed by atoms with E-state index in [-0.39, 0.29) is 24.0 Å². The van der Waals surface area contributed by atoms with Gasteiger partial charge in [0.15, 0.2) is 6.17 Å². The number of H-pyrrole nitrogens is 1. The molecule has 0 bridgehead atoms. The number of hydrogen-bond acceptors (Lipinski definition) is 7. The van der Waals surface area contributed by atoms with Crippen LogP contribution in [0.3, 0.4) is 0 Å². The van der Waals surface area contributed by atoms with Gasteiger partial charge in [-0.05, 0) is 20.3 Å². The first-order chi connectivity index (χ1) is 13.0. The highest BCUT2D eigenvalue weighted by Gasteiger charge is 2.44. The lowest BCUT2D eigenvalue weighted by Gasteiger charge is -2.48. The lowest BCUT2D eigenvalue weighted by molar-refractivity contribution is -0.137. The number of rotatable bonds is 4. The van der Waals surface area contributed by atoms with Gasteiger partial charge in [0, 0.05) is 36.4 Å². The molecule has 1 fully saturated rings. The number of hydrogen-bond donors (Lipinski definition) is 1. The van der Waals surface area contributed by atoms with E-state index in [1.807, 2.05) is 25.6 Å². The molecule has 0 aliphatic carbocycles. The van der Waals surface area contributed by atoms with Crippen molar-refractivity contribution in [1.29, 1.82) is 0 Å². The third kappa shape index (κ3) is 2.86. The fourth-order valence-electron chi connectivity index (χ4n) is 3.76. The maximum atomic E-state index is 12.8. The third-order valence-corrected chi connectivity index (χ3v) is 5.86. The third-order valence-electron chi connectivity index (χ3n) is 5.07. The quantitative estimate of drug-likeness (QED) is 0.875. The van der Waals surface area contributed by atoms with Gasteiger partial charge >= 0.3 is 0 Å². The Kier molecular flexibility index (Phi) is 4.55.